The fourth-order valence-electron chi connectivity index (χ4n) is 4.00. The summed E-state index contributed by atoms with van der Waals surface area (Å²) >= 11 is 2.01. The number of ether oxygens (including phenoxy) is 3. The number of rotatable bonds is 14. The number of methoxy groups -OCH3 is 1. The summed E-state index contributed by atoms with van der Waals surface area (Å²) < 4.78 is 17.6. The first kappa shape index (κ1) is 30.0. The van der Waals surface area contributed by atoms with E-state index in [4.69, 9.17) is 19.3 Å². The summed E-state index contributed by atoms with van der Waals surface area (Å²) in [5, 5.41) is 23.1. The molecule has 0 saturated heterocycles. The Morgan fingerprint density at radius 3 is 2.67 bits per heavy atom. The van der Waals surface area contributed by atoms with Crippen molar-refractivity contribution in [2.75, 3.05) is 40.0 Å². The summed E-state index contributed by atoms with van der Waals surface area (Å²) in [6.07, 6.45) is 1.03. The van der Waals surface area contributed by atoms with Gasteiger partial charge in [0.1, 0.15) is 18.5 Å². The van der Waals surface area contributed by atoms with Crippen molar-refractivity contribution in [1.82, 2.24) is 10.2 Å². The van der Waals surface area contributed by atoms with Gasteiger partial charge in [0.05, 0.1) is 23.3 Å². The third-order valence-electron chi connectivity index (χ3n) is 5.77. The van der Waals surface area contributed by atoms with Crippen LogP contribution in [-0.2, 0) is 14.3 Å². The summed E-state index contributed by atoms with van der Waals surface area (Å²) in [4.78, 5) is 38.6. The number of nitrogens with zero attached hydrogens (tertiary/aromatic N) is 1. The van der Waals surface area contributed by atoms with Gasteiger partial charge in [0.15, 0.2) is 11.5 Å². The topological polar surface area (TPSA) is 135 Å². The Kier molecular flexibility index (Phi) is 12.6. The molecule has 0 aromatic heterocycles. The van der Waals surface area contributed by atoms with Crippen molar-refractivity contribution in [1.29, 1.82) is 0 Å². The molecule has 0 unspecified atom stereocenters. The Bertz CT molecular complexity index is 939. The zero-order valence-corrected chi connectivity index (χ0v) is 23.0. The van der Waals surface area contributed by atoms with Gasteiger partial charge in [-0.2, -0.15) is 0 Å². The average Bonchev–Trinajstić information content (AvgIpc) is 2.89. The van der Waals surface area contributed by atoms with Gasteiger partial charge in [-0.3, -0.25) is 14.4 Å². The largest absolute Gasteiger partial charge is 0.493 e. The first-order valence-electron chi connectivity index (χ1n) is 12.0. The van der Waals surface area contributed by atoms with E-state index in [2.05, 4.69) is 5.32 Å². The maximum Gasteiger partial charge on any atom is 0.247 e. The van der Waals surface area contributed by atoms with Crippen LogP contribution in [0.3, 0.4) is 0 Å². The van der Waals surface area contributed by atoms with Crippen molar-refractivity contribution < 1.29 is 38.8 Å². The Balaban J connectivity index is 2.44. The molecular formula is C25H35IN2O8. The number of carbonyl (C=O) groups excluding carboxylic acids is 3. The number of hydrogen-bond donors (Lipinski definition) is 3. The van der Waals surface area contributed by atoms with Gasteiger partial charge in [0.25, 0.3) is 0 Å². The van der Waals surface area contributed by atoms with E-state index in [1.54, 1.807) is 17.9 Å². The Morgan fingerprint density at radius 1 is 1.31 bits per heavy atom. The van der Waals surface area contributed by atoms with Gasteiger partial charge < -0.3 is 34.6 Å². The van der Waals surface area contributed by atoms with E-state index in [1.165, 1.54) is 19.3 Å². The minimum Gasteiger partial charge on any atom is -0.493 e. The molecule has 0 bridgehead atoms. The molecule has 10 nitrogen and oxygen atoms in total. The van der Waals surface area contributed by atoms with Crippen LogP contribution in [0.1, 0.15) is 43.5 Å². The third-order valence-corrected chi connectivity index (χ3v) is 6.57. The van der Waals surface area contributed by atoms with Crippen molar-refractivity contribution in [2.24, 2.45) is 0 Å². The lowest BCUT2D eigenvalue weighted by Crippen LogP contribution is -2.55. The quantitative estimate of drug-likeness (QED) is 0.163. The van der Waals surface area contributed by atoms with Crippen LogP contribution in [0.5, 0.6) is 11.5 Å². The van der Waals surface area contributed by atoms with Crippen molar-refractivity contribution in [3.8, 4) is 11.5 Å². The summed E-state index contributed by atoms with van der Waals surface area (Å²) in [7, 11) is 1.44. The molecule has 1 aromatic carbocycles. The van der Waals surface area contributed by atoms with Crippen molar-refractivity contribution in [3.05, 3.63) is 32.9 Å². The molecule has 2 amide bonds. The number of carbonyl (C=O) groups is 3. The predicted molar refractivity (Wildman–Crippen MR) is 141 cm³/mol. The molecule has 200 valence electrons. The number of nitrogens with one attached hydrogen (secondary N) is 1. The highest BCUT2D eigenvalue weighted by Crippen LogP contribution is 2.37. The molecule has 3 N–H and O–H groups in total. The number of benzene rings is 1. The number of halogens is 1. The van der Waals surface area contributed by atoms with E-state index < -0.39 is 24.2 Å². The predicted octanol–water partition coefficient (Wildman–Crippen LogP) is 1.69. The molecule has 1 aliphatic carbocycles. The lowest BCUT2D eigenvalue weighted by Gasteiger charge is -2.40. The van der Waals surface area contributed by atoms with Crippen LogP contribution in [-0.4, -0.2) is 91.5 Å². The smallest absolute Gasteiger partial charge is 0.247 e. The van der Waals surface area contributed by atoms with Crippen LogP contribution in [0, 0.1) is 3.57 Å². The average molecular weight is 618 g/mol. The van der Waals surface area contributed by atoms with E-state index in [0.29, 0.717) is 58.7 Å². The van der Waals surface area contributed by atoms with Crippen LogP contribution in [0.2, 0.25) is 0 Å². The molecular weight excluding hydrogens is 583 g/mol. The molecule has 0 radical (unpaired) electrons. The van der Waals surface area contributed by atoms with Crippen LogP contribution < -0.4 is 14.8 Å². The molecule has 1 aliphatic rings. The summed E-state index contributed by atoms with van der Waals surface area (Å²) in [5.41, 5.74) is 0.736. The summed E-state index contributed by atoms with van der Waals surface area (Å²) in [6, 6.07) is 2.43. The van der Waals surface area contributed by atoms with Gasteiger partial charge in [-0.15, -0.1) is 0 Å². The molecule has 0 heterocycles. The van der Waals surface area contributed by atoms with Crippen LogP contribution in [0.25, 0.3) is 0 Å². The Hall–Kier alpha value is -2.22. The second-order valence-electron chi connectivity index (χ2n) is 8.16. The SMILES string of the molecule is CCOCCCN(C(=O)CC)[C@@H]1CC(C(=O)NCCO)=C[C@H](Oc2c(I)cc(C=O)cc2OC)[C@H]1O. The second-order valence-corrected chi connectivity index (χ2v) is 9.32. The van der Waals surface area contributed by atoms with Gasteiger partial charge >= 0.3 is 0 Å². The standard InChI is InChI=1S/C25H35IN2O8/c1-4-22(31)28(8-6-10-35-5-2)19-13-17(25(33)27-7-9-29)14-20(23(19)32)36-24-18(26)11-16(15-30)12-21(24)34-3/h11-12,14-15,19-20,23,29,32H,4-10,13H2,1-3H3,(H,27,33)/t19-,20+,23+/m1/s1. The molecule has 2 rings (SSSR count). The normalized spacial score (nSPS) is 19.3. The fraction of sp³-hybridized carbons (Fsp3) is 0.560. The number of aliphatic hydroxyl groups is 2. The van der Waals surface area contributed by atoms with E-state index in [1.807, 2.05) is 29.5 Å². The number of aldehydes is 1. The number of amides is 2. The fourth-order valence-corrected chi connectivity index (χ4v) is 4.75. The summed E-state index contributed by atoms with van der Waals surface area (Å²) in [5.74, 6) is 0.0419. The maximum absolute atomic E-state index is 12.9. The van der Waals surface area contributed by atoms with Gasteiger partial charge in [0.2, 0.25) is 11.8 Å². The zero-order valence-electron chi connectivity index (χ0n) is 20.9. The Labute approximate surface area is 225 Å². The maximum atomic E-state index is 12.9. The highest BCUT2D eigenvalue weighted by Gasteiger charge is 2.40. The first-order chi connectivity index (χ1) is 17.3. The molecule has 3 atom stereocenters. The molecule has 11 heteroatoms. The number of aliphatic hydroxyl groups excluding tert-OH is 2. The van der Waals surface area contributed by atoms with E-state index in [0.717, 1.165) is 0 Å². The minimum absolute atomic E-state index is 0.0692. The molecule has 0 saturated carbocycles. The van der Waals surface area contributed by atoms with Crippen molar-refractivity contribution >= 4 is 40.7 Å². The van der Waals surface area contributed by atoms with E-state index in [-0.39, 0.29) is 31.9 Å². The summed E-state index contributed by atoms with van der Waals surface area (Å²) in [6.45, 7) is 4.85. The first-order valence-corrected chi connectivity index (χ1v) is 13.0. The molecule has 0 aliphatic heterocycles. The van der Waals surface area contributed by atoms with Gasteiger partial charge in [-0.25, -0.2) is 0 Å². The van der Waals surface area contributed by atoms with E-state index in [9.17, 15) is 19.5 Å². The van der Waals surface area contributed by atoms with Crippen molar-refractivity contribution in [2.45, 2.75) is 51.4 Å². The zero-order chi connectivity index (χ0) is 26.7. The molecule has 0 spiro atoms. The molecule has 0 fully saturated rings. The van der Waals surface area contributed by atoms with Gasteiger partial charge in [0, 0.05) is 50.3 Å². The Morgan fingerprint density at radius 2 is 2.06 bits per heavy atom. The van der Waals surface area contributed by atoms with E-state index >= 15 is 0 Å². The monoisotopic (exact) mass is 618 g/mol. The number of hydrogen-bond acceptors (Lipinski definition) is 8. The minimum atomic E-state index is -1.15. The van der Waals surface area contributed by atoms with Crippen LogP contribution in [0.4, 0.5) is 0 Å². The van der Waals surface area contributed by atoms with Gasteiger partial charge in [-0.1, -0.05) is 6.92 Å². The molecule has 36 heavy (non-hydrogen) atoms. The lowest BCUT2D eigenvalue weighted by molar-refractivity contribution is -0.138. The lowest BCUT2D eigenvalue weighted by atomic mass is 9.88. The highest BCUT2D eigenvalue weighted by atomic mass is 127. The van der Waals surface area contributed by atoms with Gasteiger partial charge in [-0.05, 0) is 54.1 Å². The second kappa shape index (κ2) is 15.1. The third kappa shape index (κ3) is 7.89. The highest BCUT2D eigenvalue weighted by molar-refractivity contribution is 14.1. The van der Waals surface area contributed by atoms with Crippen LogP contribution >= 0.6 is 22.6 Å². The molecule has 1 aromatic rings. The van der Waals surface area contributed by atoms with Crippen LogP contribution in [0.15, 0.2) is 23.8 Å². The van der Waals surface area contributed by atoms with Crippen molar-refractivity contribution in [3.63, 3.8) is 0 Å².